The van der Waals surface area contributed by atoms with Crippen LogP contribution >= 0.6 is 0 Å². The zero-order chi connectivity index (χ0) is 15.9. The number of ether oxygens (including phenoxy) is 1. The lowest BCUT2D eigenvalue weighted by Crippen LogP contribution is -2.47. The summed E-state index contributed by atoms with van der Waals surface area (Å²) in [5.41, 5.74) is 0.318. The summed E-state index contributed by atoms with van der Waals surface area (Å²) in [6.45, 7) is 0.332. The van der Waals surface area contributed by atoms with E-state index in [0.29, 0.717) is 13.0 Å². The third-order valence-electron chi connectivity index (χ3n) is 4.00. The van der Waals surface area contributed by atoms with Gasteiger partial charge in [-0.2, -0.15) is 4.31 Å². The van der Waals surface area contributed by atoms with Gasteiger partial charge in [-0.3, -0.25) is 4.79 Å². The van der Waals surface area contributed by atoms with Crippen molar-refractivity contribution in [3.05, 3.63) is 23.8 Å². The molecule has 7 nitrogen and oxygen atoms in total. The predicted molar refractivity (Wildman–Crippen MR) is 77.9 cm³/mol. The highest BCUT2D eigenvalue weighted by Crippen LogP contribution is 2.34. The number of nitrogens with zero attached hydrogens (tertiary/aromatic N) is 1. The molecule has 0 bridgehead atoms. The van der Waals surface area contributed by atoms with Crippen molar-refractivity contribution in [3.63, 3.8) is 0 Å². The molecule has 1 fully saturated rings. The number of carbonyl (C=O) groups is 2. The number of piperidine rings is 1. The molecule has 1 aromatic rings. The number of esters is 1. The van der Waals surface area contributed by atoms with Gasteiger partial charge in [0.15, 0.2) is 0 Å². The molecule has 1 atom stereocenters. The monoisotopic (exact) mass is 324 g/mol. The minimum Gasteiger partial charge on any atom is -0.465 e. The zero-order valence-electron chi connectivity index (χ0n) is 12.0. The van der Waals surface area contributed by atoms with E-state index in [1.54, 1.807) is 0 Å². The van der Waals surface area contributed by atoms with E-state index < -0.39 is 22.0 Å². The number of anilines is 1. The van der Waals surface area contributed by atoms with Gasteiger partial charge >= 0.3 is 5.97 Å². The smallest absolute Gasteiger partial charge is 0.337 e. The summed E-state index contributed by atoms with van der Waals surface area (Å²) in [6, 6.07) is 3.38. The summed E-state index contributed by atoms with van der Waals surface area (Å²) in [6.07, 6.45) is 2.05. The van der Waals surface area contributed by atoms with E-state index >= 15 is 0 Å². The maximum Gasteiger partial charge on any atom is 0.337 e. The number of nitrogens with one attached hydrogen (secondary N) is 1. The van der Waals surface area contributed by atoms with Gasteiger partial charge in [0.1, 0.15) is 10.9 Å². The number of methoxy groups -OCH3 is 1. The van der Waals surface area contributed by atoms with Crippen LogP contribution in [0.2, 0.25) is 0 Å². The van der Waals surface area contributed by atoms with E-state index in [1.165, 1.54) is 29.6 Å². The Bertz CT molecular complexity index is 744. The van der Waals surface area contributed by atoms with Crippen LogP contribution in [0.5, 0.6) is 0 Å². The van der Waals surface area contributed by atoms with Crippen LogP contribution < -0.4 is 5.32 Å². The topological polar surface area (TPSA) is 92.8 Å². The highest BCUT2D eigenvalue weighted by Gasteiger charge is 2.41. The summed E-state index contributed by atoms with van der Waals surface area (Å²) < 4.78 is 31.4. The maximum atomic E-state index is 12.8. The largest absolute Gasteiger partial charge is 0.465 e. The van der Waals surface area contributed by atoms with Crippen molar-refractivity contribution >= 4 is 27.6 Å². The molecule has 1 amide bonds. The molecule has 8 heteroatoms. The lowest BCUT2D eigenvalue weighted by Gasteiger charge is -2.31. The van der Waals surface area contributed by atoms with Gasteiger partial charge in [-0.15, -0.1) is 0 Å². The summed E-state index contributed by atoms with van der Waals surface area (Å²) >= 11 is 0. The molecule has 1 N–H and O–H groups in total. The quantitative estimate of drug-likeness (QED) is 0.777. The van der Waals surface area contributed by atoms with Crippen molar-refractivity contribution < 1.29 is 22.7 Å². The molecule has 118 valence electrons. The molecular formula is C14H16N2O5S. The van der Waals surface area contributed by atoms with Gasteiger partial charge in [0, 0.05) is 6.54 Å². The fourth-order valence-electron chi connectivity index (χ4n) is 2.89. The van der Waals surface area contributed by atoms with Crippen molar-refractivity contribution in [3.8, 4) is 0 Å². The first-order valence-corrected chi connectivity index (χ1v) is 8.44. The van der Waals surface area contributed by atoms with Crippen LogP contribution in [0.15, 0.2) is 23.1 Å². The average molecular weight is 324 g/mol. The minimum absolute atomic E-state index is 0.0119. The first kappa shape index (κ1) is 15.0. The summed E-state index contributed by atoms with van der Waals surface area (Å²) in [5.74, 6) is -0.944. The summed E-state index contributed by atoms with van der Waals surface area (Å²) in [4.78, 5) is 23.9. The number of benzene rings is 1. The number of rotatable bonds is 1. The average Bonchev–Trinajstić information content (AvgIpc) is 2.61. The van der Waals surface area contributed by atoms with Crippen molar-refractivity contribution in [2.75, 3.05) is 19.0 Å². The van der Waals surface area contributed by atoms with Crippen LogP contribution in [0.1, 0.15) is 29.6 Å². The first-order valence-electron chi connectivity index (χ1n) is 7.00. The Kier molecular flexibility index (Phi) is 3.65. The van der Waals surface area contributed by atoms with Crippen molar-refractivity contribution in [2.45, 2.75) is 30.2 Å². The van der Waals surface area contributed by atoms with Crippen molar-refractivity contribution in [1.29, 1.82) is 0 Å². The van der Waals surface area contributed by atoms with Gasteiger partial charge in [0.25, 0.3) is 0 Å². The molecule has 22 heavy (non-hydrogen) atoms. The van der Waals surface area contributed by atoms with Gasteiger partial charge in [-0.25, -0.2) is 13.2 Å². The molecule has 0 radical (unpaired) electrons. The molecule has 1 aromatic carbocycles. The second kappa shape index (κ2) is 5.36. The summed E-state index contributed by atoms with van der Waals surface area (Å²) in [5, 5.41) is 2.63. The Morgan fingerprint density at radius 2 is 2.14 bits per heavy atom. The second-order valence-corrected chi connectivity index (χ2v) is 7.18. The molecule has 0 aromatic heterocycles. The number of sulfonamides is 1. The Hall–Kier alpha value is -1.93. The van der Waals surface area contributed by atoms with E-state index in [-0.39, 0.29) is 22.1 Å². The SMILES string of the molecule is COC(=O)c1ccc2c(c1)NC(=O)C1CCCCN1S2(=O)=O. The molecule has 1 saturated heterocycles. The van der Waals surface area contributed by atoms with Gasteiger partial charge in [0.2, 0.25) is 15.9 Å². The van der Waals surface area contributed by atoms with Crippen LogP contribution in [0.25, 0.3) is 0 Å². The lowest BCUT2D eigenvalue weighted by molar-refractivity contribution is -0.120. The fourth-order valence-corrected chi connectivity index (χ4v) is 4.68. The van der Waals surface area contributed by atoms with E-state index in [4.69, 9.17) is 0 Å². The Balaban J connectivity index is 2.13. The van der Waals surface area contributed by atoms with E-state index in [9.17, 15) is 18.0 Å². The van der Waals surface area contributed by atoms with Crippen LogP contribution in [-0.2, 0) is 19.6 Å². The van der Waals surface area contributed by atoms with Crippen LogP contribution in [0.3, 0.4) is 0 Å². The fraction of sp³-hybridized carbons (Fsp3) is 0.429. The van der Waals surface area contributed by atoms with Crippen LogP contribution in [0, 0.1) is 0 Å². The Morgan fingerprint density at radius 1 is 1.36 bits per heavy atom. The zero-order valence-corrected chi connectivity index (χ0v) is 12.9. The molecular weight excluding hydrogens is 308 g/mol. The lowest BCUT2D eigenvalue weighted by atomic mass is 10.0. The Labute approximate surface area is 128 Å². The number of carbonyl (C=O) groups excluding carboxylic acids is 2. The molecule has 0 spiro atoms. The second-order valence-electron chi connectivity index (χ2n) is 5.32. The maximum absolute atomic E-state index is 12.8. The van der Waals surface area contributed by atoms with Gasteiger partial charge in [0.05, 0.1) is 18.4 Å². The number of hydrogen-bond donors (Lipinski definition) is 1. The van der Waals surface area contributed by atoms with E-state index in [1.807, 2.05) is 0 Å². The molecule has 2 aliphatic heterocycles. The highest BCUT2D eigenvalue weighted by atomic mass is 32.2. The molecule has 3 rings (SSSR count). The normalized spacial score (nSPS) is 23.7. The standard InChI is InChI=1S/C14H16N2O5S/c1-21-14(18)9-5-6-12-10(8-9)15-13(17)11-4-2-3-7-16(11)22(12,19)20/h5-6,8,11H,2-4,7H2,1H3,(H,15,17). The molecule has 1 unspecified atom stereocenters. The van der Waals surface area contributed by atoms with Crippen LogP contribution in [0.4, 0.5) is 5.69 Å². The number of amides is 1. The van der Waals surface area contributed by atoms with Gasteiger partial charge in [-0.05, 0) is 31.0 Å². The molecule has 0 aliphatic carbocycles. The number of hydrogen-bond acceptors (Lipinski definition) is 5. The third-order valence-corrected chi connectivity index (χ3v) is 5.97. The number of fused-ring (bicyclic) bond motifs is 2. The molecule has 2 heterocycles. The molecule has 0 saturated carbocycles. The first-order chi connectivity index (χ1) is 10.4. The highest BCUT2D eigenvalue weighted by molar-refractivity contribution is 7.89. The predicted octanol–water partition coefficient (Wildman–Crippen LogP) is 0.968. The van der Waals surface area contributed by atoms with E-state index in [0.717, 1.165) is 12.8 Å². The van der Waals surface area contributed by atoms with Gasteiger partial charge < -0.3 is 10.1 Å². The van der Waals surface area contributed by atoms with Crippen molar-refractivity contribution in [1.82, 2.24) is 4.31 Å². The van der Waals surface area contributed by atoms with Crippen molar-refractivity contribution in [2.24, 2.45) is 0 Å². The van der Waals surface area contributed by atoms with Crippen LogP contribution in [-0.4, -0.2) is 44.3 Å². The summed E-state index contributed by atoms with van der Waals surface area (Å²) in [7, 11) is -2.52. The Morgan fingerprint density at radius 3 is 2.86 bits per heavy atom. The minimum atomic E-state index is -3.76. The van der Waals surface area contributed by atoms with Gasteiger partial charge in [-0.1, -0.05) is 6.42 Å². The third kappa shape index (κ3) is 2.28. The molecule has 2 aliphatic rings. The van der Waals surface area contributed by atoms with E-state index in [2.05, 4.69) is 10.1 Å².